The number of carbonyl (C=O) groups excluding carboxylic acids is 1. The van der Waals surface area contributed by atoms with E-state index in [1.54, 1.807) is 17.5 Å². The molecule has 2 aromatic heterocycles. The first-order valence-corrected chi connectivity index (χ1v) is 8.35. The Bertz CT molecular complexity index is 822. The van der Waals surface area contributed by atoms with Crippen molar-refractivity contribution in [3.05, 3.63) is 56.4 Å². The number of hydrogen-bond donors (Lipinski definition) is 1. The van der Waals surface area contributed by atoms with Crippen molar-refractivity contribution < 1.29 is 4.79 Å². The van der Waals surface area contributed by atoms with E-state index in [9.17, 15) is 4.79 Å². The number of ketones is 1. The lowest BCUT2D eigenvalue weighted by molar-refractivity contribution is 0.104. The van der Waals surface area contributed by atoms with Gasteiger partial charge in [0.2, 0.25) is 5.78 Å². The number of hydrogen-bond acceptors (Lipinski definition) is 2. The molecule has 4 rings (SSSR count). The van der Waals surface area contributed by atoms with Gasteiger partial charge in [0.15, 0.2) is 0 Å². The number of halogens is 1. The summed E-state index contributed by atoms with van der Waals surface area (Å²) in [6, 6.07) is 7.69. The minimum absolute atomic E-state index is 0.114. The van der Waals surface area contributed by atoms with Gasteiger partial charge in [-0.25, -0.2) is 0 Å². The first-order valence-electron chi connectivity index (χ1n) is 7.15. The van der Waals surface area contributed by atoms with E-state index in [2.05, 4.69) is 11.1 Å². The second kappa shape index (κ2) is 5.00. The highest BCUT2D eigenvalue weighted by molar-refractivity contribution is 7.14. The van der Waals surface area contributed by atoms with Gasteiger partial charge in [0.05, 0.1) is 4.88 Å². The average molecular weight is 316 g/mol. The van der Waals surface area contributed by atoms with E-state index in [0.717, 1.165) is 34.2 Å². The molecule has 0 bridgehead atoms. The Balaban J connectivity index is 1.77. The molecule has 0 saturated heterocycles. The number of nitrogens with one attached hydrogen (secondary N) is 1. The summed E-state index contributed by atoms with van der Waals surface area (Å²) in [5, 5.41) is 1.62. The number of aryl methyl sites for hydroxylation is 2. The van der Waals surface area contributed by atoms with Crippen LogP contribution in [-0.2, 0) is 12.8 Å². The largest absolute Gasteiger partial charge is 0.360 e. The highest BCUT2D eigenvalue weighted by atomic mass is 35.5. The van der Waals surface area contributed by atoms with Gasteiger partial charge in [-0.3, -0.25) is 4.79 Å². The number of rotatable bonds is 2. The van der Waals surface area contributed by atoms with Crippen molar-refractivity contribution in [3.63, 3.8) is 0 Å². The van der Waals surface area contributed by atoms with Crippen molar-refractivity contribution in [2.45, 2.75) is 25.7 Å². The number of aromatic nitrogens is 1. The normalized spacial score (nSPS) is 14.3. The van der Waals surface area contributed by atoms with Crippen molar-refractivity contribution in [3.8, 4) is 0 Å². The lowest BCUT2D eigenvalue weighted by atomic mass is 9.98. The molecule has 21 heavy (non-hydrogen) atoms. The highest BCUT2D eigenvalue weighted by Gasteiger charge is 2.20. The number of aromatic amines is 1. The highest BCUT2D eigenvalue weighted by Crippen LogP contribution is 2.32. The molecule has 0 spiro atoms. The third kappa shape index (κ3) is 2.21. The molecule has 0 atom stereocenters. The first kappa shape index (κ1) is 13.1. The molecule has 3 aromatic rings. The van der Waals surface area contributed by atoms with Crippen LogP contribution < -0.4 is 0 Å². The maximum atomic E-state index is 12.8. The summed E-state index contributed by atoms with van der Waals surface area (Å²) in [4.78, 5) is 18.2. The van der Waals surface area contributed by atoms with E-state index in [0.29, 0.717) is 5.02 Å². The number of fused-ring (bicyclic) bond motifs is 2. The van der Waals surface area contributed by atoms with Crippen LogP contribution in [0.4, 0.5) is 0 Å². The standard InChI is InChI=1S/C17H14ClNOS/c18-11-5-6-12-13(9-19-14(12)8-11)17(20)16-7-10-3-1-2-4-15(10)21-16/h5-9,19H,1-4H2. The summed E-state index contributed by atoms with van der Waals surface area (Å²) in [7, 11) is 0. The van der Waals surface area contributed by atoms with Crippen LogP contribution in [0.15, 0.2) is 30.5 Å². The van der Waals surface area contributed by atoms with Gasteiger partial charge in [-0.1, -0.05) is 17.7 Å². The quantitative estimate of drug-likeness (QED) is 0.664. The Morgan fingerprint density at radius 1 is 1.19 bits per heavy atom. The predicted molar refractivity (Wildman–Crippen MR) is 87.7 cm³/mol. The van der Waals surface area contributed by atoms with Crippen LogP contribution in [0.2, 0.25) is 5.02 Å². The smallest absolute Gasteiger partial charge is 0.205 e. The minimum Gasteiger partial charge on any atom is -0.360 e. The molecule has 1 aliphatic rings. The van der Waals surface area contributed by atoms with Crippen molar-refractivity contribution in [1.29, 1.82) is 0 Å². The van der Waals surface area contributed by atoms with Gasteiger partial charge in [0.25, 0.3) is 0 Å². The van der Waals surface area contributed by atoms with Gasteiger partial charge in [-0.05, 0) is 49.4 Å². The number of H-pyrrole nitrogens is 1. The van der Waals surface area contributed by atoms with Crippen LogP contribution >= 0.6 is 22.9 Å². The third-order valence-electron chi connectivity index (χ3n) is 4.11. The summed E-state index contributed by atoms with van der Waals surface area (Å²) in [5.74, 6) is 0.114. The Morgan fingerprint density at radius 2 is 2.05 bits per heavy atom. The summed E-state index contributed by atoms with van der Waals surface area (Å²) in [5.41, 5.74) is 3.02. The van der Waals surface area contributed by atoms with Gasteiger partial charge in [0, 0.05) is 32.6 Å². The van der Waals surface area contributed by atoms with E-state index in [1.807, 2.05) is 18.2 Å². The molecular weight excluding hydrogens is 302 g/mol. The average Bonchev–Trinajstić information content (AvgIpc) is 3.09. The topological polar surface area (TPSA) is 32.9 Å². The van der Waals surface area contributed by atoms with Crippen molar-refractivity contribution in [1.82, 2.24) is 4.98 Å². The first-order chi connectivity index (χ1) is 10.2. The fraction of sp³-hybridized carbons (Fsp3) is 0.235. The summed E-state index contributed by atoms with van der Waals surface area (Å²) in [6.45, 7) is 0. The Labute approximate surface area is 131 Å². The lowest BCUT2D eigenvalue weighted by Gasteiger charge is -2.08. The van der Waals surface area contributed by atoms with Crippen LogP contribution in [-0.4, -0.2) is 10.8 Å². The summed E-state index contributed by atoms with van der Waals surface area (Å²) < 4.78 is 0. The zero-order valence-corrected chi connectivity index (χ0v) is 13.0. The monoisotopic (exact) mass is 315 g/mol. The Morgan fingerprint density at radius 3 is 2.90 bits per heavy atom. The molecule has 1 aromatic carbocycles. The Hall–Kier alpha value is -1.58. The van der Waals surface area contributed by atoms with Gasteiger partial charge in [0.1, 0.15) is 0 Å². The summed E-state index contributed by atoms with van der Waals surface area (Å²) in [6.07, 6.45) is 6.51. The molecule has 2 nitrogen and oxygen atoms in total. The van der Waals surface area contributed by atoms with E-state index in [4.69, 9.17) is 11.6 Å². The zero-order valence-electron chi connectivity index (χ0n) is 11.4. The molecule has 2 heterocycles. The van der Waals surface area contributed by atoms with Gasteiger partial charge in [-0.2, -0.15) is 0 Å². The molecule has 106 valence electrons. The van der Waals surface area contributed by atoms with E-state index in [1.165, 1.54) is 23.3 Å². The predicted octanol–water partition coefficient (Wildman–Crippen LogP) is 4.99. The van der Waals surface area contributed by atoms with Crippen molar-refractivity contribution in [2.75, 3.05) is 0 Å². The summed E-state index contributed by atoms with van der Waals surface area (Å²) >= 11 is 7.65. The number of thiophene rings is 1. The van der Waals surface area contributed by atoms with Crippen molar-refractivity contribution in [2.24, 2.45) is 0 Å². The minimum atomic E-state index is 0.114. The fourth-order valence-corrected chi connectivity index (χ4v) is 4.40. The molecule has 0 fully saturated rings. The molecular formula is C17H14ClNOS. The van der Waals surface area contributed by atoms with Crippen LogP contribution in [0.25, 0.3) is 10.9 Å². The maximum Gasteiger partial charge on any atom is 0.205 e. The van der Waals surface area contributed by atoms with Crippen LogP contribution in [0.3, 0.4) is 0 Å². The molecule has 0 saturated carbocycles. The van der Waals surface area contributed by atoms with Crippen LogP contribution in [0.5, 0.6) is 0 Å². The third-order valence-corrected chi connectivity index (χ3v) is 5.58. The molecule has 0 aliphatic heterocycles. The second-order valence-corrected chi connectivity index (χ2v) is 7.06. The molecule has 0 radical (unpaired) electrons. The van der Waals surface area contributed by atoms with Crippen molar-refractivity contribution >= 4 is 39.6 Å². The van der Waals surface area contributed by atoms with E-state index < -0.39 is 0 Å². The van der Waals surface area contributed by atoms with E-state index in [-0.39, 0.29) is 5.78 Å². The molecule has 1 N–H and O–H groups in total. The van der Waals surface area contributed by atoms with Gasteiger partial charge < -0.3 is 4.98 Å². The number of carbonyl (C=O) groups is 1. The fourth-order valence-electron chi connectivity index (χ4n) is 3.02. The molecule has 0 unspecified atom stereocenters. The SMILES string of the molecule is O=C(c1cc2c(s1)CCCC2)c1c[nH]c2cc(Cl)ccc12. The zero-order chi connectivity index (χ0) is 14.4. The molecule has 4 heteroatoms. The van der Waals surface area contributed by atoms with Crippen LogP contribution in [0, 0.1) is 0 Å². The second-order valence-electron chi connectivity index (χ2n) is 5.49. The Kier molecular flexibility index (Phi) is 3.12. The molecule has 0 amide bonds. The van der Waals surface area contributed by atoms with E-state index >= 15 is 0 Å². The maximum absolute atomic E-state index is 12.8. The number of benzene rings is 1. The van der Waals surface area contributed by atoms with Gasteiger partial charge in [-0.15, -0.1) is 11.3 Å². The van der Waals surface area contributed by atoms with Gasteiger partial charge >= 0.3 is 0 Å². The molecule has 1 aliphatic carbocycles. The lowest BCUT2D eigenvalue weighted by Crippen LogP contribution is -1.97. The van der Waals surface area contributed by atoms with Crippen LogP contribution in [0.1, 0.15) is 38.5 Å².